The summed E-state index contributed by atoms with van der Waals surface area (Å²) in [4.78, 5) is 23.9. The lowest BCUT2D eigenvalue weighted by molar-refractivity contribution is -0.161. The lowest BCUT2D eigenvalue weighted by Crippen LogP contribution is -2.34. The highest BCUT2D eigenvalue weighted by molar-refractivity contribution is 5.82. The molecule has 0 saturated heterocycles. The SMILES string of the molecule is CCCCCCCCCOC(=O)C1CCCCC1C(=O)OC. The number of carbonyl (C=O) groups excluding carboxylic acids is 2. The highest BCUT2D eigenvalue weighted by atomic mass is 16.5. The minimum atomic E-state index is -0.305. The first-order valence-corrected chi connectivity index (χ1v) is 8.95. The molecule has 1 rings (SSSR count). The minimum Gasteiger partial charge on any atom is -0.469 e. The average molecular weight is 312 g/mol. The van der Waals surface area contributed by atoms with Gasteiger partial charge < -0.3 is 9.47 Å². The molecule has 1 aliphatic rings. The third kappa shape index (κ3) is 6.80. The van der Waals surface area contributed by atoms with E-state index in [1.807, 2.05) is 0 Å². The normalized spacial score (nSPS) is 21.4. The predicted molar refractivity (Wildman–Crippen MR) is 86.4 cm³/mol. The van der Waals surface area contributed by atoms with Gasteiger partial charge in [-0.15, -0.1) is 0 Å². The molecule has 0 aliphatic heterocycles. The van der Waals surface area contributed by atoms with E-state index in [4.69, 9.17) is 9.47 Å². The van der Waals surface area contributed by atoms with E-state index in [0.717, 1.165) is 38.5 Å². The van der Waals surface area contributed by atoms with Crippen molar-refractivity contribution in [2.75, 3.05) is 13.7 Å². The Kier molecular flexibility index (Phi) is 9.93. The molecule has 1 saturated carbocycles. The summed E-state index contributed by atoms with van der Waals surface area (Å²) in [5.41, 5.74) is 0. The molecule has 22 heavy (non-hydrogen) atoms. The molecule has 4 heteroatoms. The van der Waals surface area contributed by atoms with Crippen LogP contribution in [0, 0.1) is 11.8 Å². The van der Waals surface area contributed by atoms with Crippen molar-refractivity contribution >= 4 is 11.9 Å². The molecular weight excluding hydrogens is 280 g/mol. The Morgan fingerprint density at radius 1 is 0.864 bits per heavy atom. The molecule has 0 aromatic carbocycles. The zero-order chi connectivity index (χ0) is 16.2. The number of esters is 2. The van der Waals surface area contributed by atoms with E-state index < -0.39 is 0 Å². The fourth-order valence-corrected chi connectivity index (χ4v) is 3.19. The summed E-state index contributed by atoms with van der Waals surface area (Å²) in [6.07, 6.45) is 11.9. The van der Waals surface area contributed by atoms with Gasteiger partial charge in [-0.1, -0.05) is 58.3 Å². The topological polar surface area (TPSA) is 52.6 Å². The van der Waals surface area contributed by atoms with Crippen molar-refractivity contribution in [3.8, 4) is 0 Å². The van der Waals surface area contributed by atoms with E-state index in [9.17, 15) is 9.59 Å². The summed E-state index contributed by atoms with van der Waals surface area (Å²) in [5, 5.41) is 0. The van der Waals surface area contributed by atoms with Crippen LogP contribution in [-0.2, 0) is 19.1 Å². The van der Waals surface area contributed by atoms with Crippen LogP contribution in [0.4, 0.5) is 0 Å². The predicted octanol–water partition coefficient (Wildman–Crippen LogP) is 4.26. The average Bonchev–Trinajstić information content (AvgIpc) is 2.56. The maximum absolute atomic E-state index is 12.2. The molecule has 0 radical (unpaired) electrons. The van der Waals surface area contributed by atoms with Crippen LogP contribution in [0.3, 0.4) is 0 Å². The summed E-state index contributed by atoms with van der Waals surface area (Å²) in [6.45, 7) is 2.70. The Balaban J connectivity index is 2.18. The van der Waals surface area contributed by atoms with Crippen molar-refractivity contribution in [3.63, 3.8) is 0 Å². The smallest absolute Gasteiger partial charge is 0.309 e. The molecule has 0 bridgehead atoms. The molecule has 128 valence electrons. The molecule has 0 amide bonds. The number of hydrogen-bond donors (Lipinski definition) is 0. The molecular formula is C18H32O4. The molecule has 0 heterocycles. The Labute approximate surface area is 134 Å². The molecule has 0 aromatic rings. The first-order valence-electron chi connectivity index (χ1n) is 8.95. The summed E-state index contributed by atoms with van der Waals surface area (Å²) in [5.74, 6) is -1.08. The van der Waals surface area contributed by atoms with Crippen molar-refractivity contribution in [1.29, 1.82) is 0 Å². The third-order valence-electron chi connectivity index (χ3n) is 4.56. The molecule has 4 nitrogen and oxygen atoms in total. The van der Waals surface area contributed by atoms with Crippen LogP contribution in [-0.4, -0.2) is 25.7 Å². The fraction of sp³-hybridized carbons (Fsp3) is 0.889. The van der Waals surface area contributed by atoms with Gasteiger partial charge in [0.05, 0.1) is 25.6 Å². The lowest BCUT2D eigenvalue weighted by Gasteiger charge is -2.27. The van der Waals surface area contributed by atoms with Gasteiger partial charge in [0.1, 0.15) is 0 Å². The number of unbranched alkanes of at least 4 members (excludes halogenated alkanes) is 6. The van der Waals surface area contributed by atoms with Crippen LogP contribution in [0.2, 0.25) is 0 Å². The van der Waals surface area contributed by atoms with E-state index in [1.165, 1.54) is 39.2 Å². The zero-order valence-corrected chi connectivity index (χ0v) is 14.3. The molecule has 2 atom stereocenters. The Morgan fingerprint density at radius 2 is 1.41 bits per heavy atom. The van der Waals surface area contributed by atoms with Crippen LogP contribution in [0.1, 0.15) is 77.6 Å². The van der Waals surface area contributed by atoms with Gasteiger partial charge in [0, 0.05) is 0 Å². The number of rotatable bonds is 10. The van der Waals surface area contributed by atoms with Gasteiger partial charge >= 0.3 is 11.9 Å². The summed E-state index contributed by atoms with van der Waals surface area (Å²) in [7, 11) is 1.39. The van der Waals surface area contributed by atoms with Crippen LogP contribution >= 0.6 is 0 Å². The molecule has 0 N–H and O–H groups in total. The van der Waals surface area contributed by atoms with Crippen molar-refractivity contribution in [2.45, 2.75) is 77.6 Å². The van der Waals surface area contributed by atoms with Crippen molar-refractivity contribution < 1.29 is 19.1 Å². The fourth-order valence-electron chi connectivity index (χ4n) is 3.19. The lowest BCUT2D eigenvalue weighted by atomic mass is 9.79. The van der Waals surface area contributed by atoms with Gasteiger partial charge in [-0.3, -0.25) is 9.59 Å². The largest absolute Gasteiger partial charge is 0.469 e. The zero-order valence-electron chi connectivity index (χ0n) is 14.3. The second-order valence-electron chi connectivity index (χ2n) is 6.31. The first kappa shape index (κ1) is 19.0. The van der Waals surface area contributed by atoms with Gasteiger partial charge in [-0.05, 0) is 19.3 Å². The minimum absolute atomic E-state index is 0.207. The number of methoxy groups -OCH3 is 1. The van der Waals surface area contributed by atoms with E-state index >= 15 is 0 Å². The third-order valence-corrected chi connectivity index (χ3v) is 4.56. The first-order chi connectivity index (χ1) is 10.7. The van der Waals surface area contributed by atoms with Crippen molar-refractivity contribution in [3.05, 3.63) is 0 Å². The Bertz CT molecular complexity index is 327. The Hall–Kier alpha value is -1.06. The summed E-state index contributed by atoms with van der Waals surface area (Å²) >= 11 is 0. The summed E-state index contributed by atoms with van der Waals surface area (Å²) in [6, 6.07) is 0. The van der Waals surface area contributed by atoms with E-state index in [2.05, 4.69) is 6.92 Å². The molecule has 2 unspecified atom stereocenters. The second-order valence-corrected chi connectivity index (χ2v) is 6.31. The van der Waals surface area contributed by atoms with Crippen molar-refractivity contribution in [2.24, 2.45) is 11.8 Å². The molecule has 1 fully saturated rings. The van der Waals surface area contributed by atoms with Crippen LogP contribution in [0.5, 0.6) is 0 Å². The Morgan fingerprint density at radius 3 is 2.00 bits per heavy atom. The molecule has 0 spiro atoms. The van der Waals surface area contributed by atoms with E-state index in [1.54, 1.807) is 0 Å². The number of hydrogen-bond acceptors (Lipinski definition) is 4. The van der Waals surface area contributed by atoms with E-state index in [-0.39, 0.29) is 23.8 Å². The standard InChI is InChI=1S/C18H32O4/c1-3-4-5-6-7-8-11-14-22-18(20)16-13-10-9-12-15(16)17(19)21-2/h15-16H,3-14H2,1-2H3. The molecule has 1 aliphatic carbocycles. The highest BCUT2D eigenvalue weighted by Gasteiger charge is 2.37. The van der Waals surface area contributed by atoms with Gasteiger partial charge in [-0.25, -0.2) is 0 Å². The quantitative estimate of drug-likeness (QED) is 0.447. The van der Waals surface area contributed by atoms with Gasteiger partial charge in [0.2, 0.25) is 0 Å². The van der Waals surface area contributed by atoms with E-state index in [0.29, 0.717) is 6.61 Å². The maximum atomic E-state index is 12.2. The van der Waals surface area contributed by atoms with Crippen LogP contribution in [0.15, 0.2) is 0 Å². The van der Waals surface area contributed by atoms with Crippen LogP contribution in [0.25, 0.3) is 0 Å². The van der Waals surface area contributed by atoms with Gasteiger partial charge in [0.15, 0.2) is 0 Å². The summed E-state index contributed by atoms with van der Waals surface area (Å²) < 4.78 is 10.2. The molecule has 0 aromatic heterocycles. The number of ether oxygens (including phenoxy) is 2. The van der Waals surface area contributed by atoms with Gasteiger partial charge in [0.25, 0.3) is 0 Å². The number of carbonyl (C=O) groups is 2. The van der Waals surface area contributed by atoms with Gasteiger partial charge in [-0.2, -0.15) is 0 Å². The van der Waals surface area contributed by atoms with Crippen molar-refractivity contribution in [1.82, 2.24) is 0 Å². The monoisotopic (exact) mass is 312 g/mol. The van der Waals surface area contributed by atoms with Crippen LogP contribution < -0.4 is 0 Å². The highest BCUT2D eigenvalue weighted by Crippen LogP contribution is 2.31. The maximum Gasteiger partial charge on any atom is 0.309 e. The second kappa shape index (κ2) is 11.5.